The number of aromatic nitrogens is 1. The van der Waals surface area contributed by atoms with Crippen molar-refractivity contribution in [1.82, 2.24) is 14.8 Å². The Labute approximate surface area is 130 Å². The van der Waals surface area contributed by atoms with Gasteiger partial charge >= 0.3 is 0 Å². The van der Waals surface area contributed by atoms with Crippen LogP contribution >= 0.6 is 11.3 Å². The van der Waals surface area contributed by atoms with E-state index in [9.17, 15) is 4.79 Å². The van der Waals surface area contributed by atoms with E-state index in [1.165, 1.54) is 6.42 Å². The van der Waals surface area contributed by atoms with Crippen molar-refractivity contribution in [3.8, 4) is 0 Å². The molecule has 6 heteroatoms. The molecule has 0 unspecified atom stereocenters. The lowest BCUT2D eigenvalue weighted by molar-refractivity contribution is -0.135. The van der Waals surface area contributed by atoms with Crippen LogP contribution in [0.3, 0.4) is 0 Å². The number of amides is 1. The highest BCUT2D eigenvalue weighted by Gasteiger charge is 2.26. The van der Waals surface area contributed by atoms with Crippen molar-refractivity contribution in [3.05, 3.63) is 11.6 Å². The van der Waals surface area contributed by atoms with Crippen LogP contribution in [0.25, 0.3) is 0 Å². The summed E-state index contributed by atoms with van der Waals surface area (Å²) in [5, 5.41) is 3.12. The van der Waals surface area contributed by atoms with Crippen LogP contribution in [0.2, 0.25) is 0 Å². The Morgan fingerprint density at radius 3 is 2.76 bits per heavy atom. The molecule has 0 bridgehead atoms. The highest BCUT2D eigenvalue weighted by molar-refractivity contribution is 7.13. The van der Waals surface area contributed by atoms with Gasteiger partial charge in [-0.3, -0.25) is 9.69 Å². The quantitative estimate of drug-likeness (QED) is 0.851. The van der Waals surface area contributed by atoms with Crippen molar-refractivity contribution >= 4 is 22.4 Å². The zero-order valence-corrected chi connectivity index (χ0v) is 13.5. The van der Waals surface area contributed by atoms with Gasteiger partial charge in [-0.25, -0.2) is 4.98 Å². The lowest BCUT2D eigenvalue weighted by atomic mass is 10.0. The maximum Gasteiger partial charge on any atom is 0.236 e. The van der Waals surface area contributed by atoms with Crippen molar-refractivity contribution in [3.63, 3.8) is 0 Å². The molecule has 2 saturated heterocycles. The molecule has 1 aromatic rings. The number of hydrogen-bond donors (Lipinski definition) is 0. The molecular formula is C15H24N4OS. The van der Waals surface area contributed by atoms with Gasteiger partial charge in [0.1, 0.15) is 0 Å². The molecule has 2 fully saturated rings. The Balaban J connectivity index is 1.47. The van der Waals surface area contributed by atoms with Crippen molar-refractivity contribution in [2.75, 3.05) is 44.2 Å². The Morgan fingerprint density at radius 2 is 2.10 bits per heavy atom. The predicted molar refractivity (Wildman–Crippen MR) is 85.8 cm³/mol. The van der Waals surface area contributed by atoms with Gasteiger partial charge in [-0.15, -0.1) is 11.3 Å². The van der Waals surface area contributed by atoms with E-state index in [1.54, 1.807) is 11.3 Å². The van der Waals surface area contributed by atoms with Crippen LogP contribution in [0.1, 0.15) is 26.2 Å². The zero-order valence-electron chi connectivity index (χ0n) is 12.7. The summed E-state index contributed by atoms with van der Waals surface area (Å²) in [6.07, 6.45) is 5.43. The molecule has 1 atom stereocenters. The van der Waals surface area contributed by atoms with Crippen LogP contribution in [0.4, 0.5) is 5.13 Å². The Morgan fingerprint density at radius 1 is 1.29 bits per heavy atom. The van der Waals surface area contributed by atoms with E-state index in [1.807, 2.05) is 11.6 Å². The van der Waals surface area contributed by atoms with E-state index in [0.717, 1.165) is 50.7 Å². The first-order chi connectivity index (χ1) is 10.2. The maximum atomic E-state index is 12.4. The number of rotatable bonds is 3. The van der Waals surface area contributed by atoms with E-state index in [0.29, 0.717) is 18.5 Å². The van der Waals surface area contributed by atoms with Gasteiger partial charge in [-0.2, -0.15) is 0 Å². The van der Waals surface area contributed by atoms with Crippen LogP contribution in [-0.4, -0.2) is 66.0 Å². The number of likely N-dealkylation sites (tertiary alicyclic amines) is 1. The summed E-state index contributed by atoms with van der Waals surface area (Å²) >= 11 is 1.69. The molecule has 0 N–H and O–H groups in total. The summed E-state index contributed by atoms with van der Waals surface area (Å²) < 4.78 is 0. The molecule has 116 valence electrons. The second-order valence-corrected chi connectivity index (χ2v) is 6.88. The van der Waals surface area contributed by atoms with Crippen molar-refractivity contribution < 1.29 is 4.79 Å². The fraction of sp³-hybridized carbons (Fsp3) is 0.733. The first-order valence-corrected chi connectivity index (χ1v) is 8.78. The predicted octanol–water partition coefficient (Wildman–Crippen LogP) is 1.67. The minimum absolute atomic E-state index is 0.310. The maximum absolute atomic E-state index is 12.4. The van der Waals surface area contributed by atoms with Gasteiger partial charge in [0.25, 0.3) is 0 Å². The monoisotopic (exact) mass is 308 g/mol. The smallest absolute Gasteiger partial charge is 0.236 e. The van der Waals surface area contributed by atoms with Crippen LogP contribution in [-0.2, 0) is 4.79 Å². The van der Waals surface area contributed by atoms with Crippen LogP contribution in [0, 0.1) is 0 Å². The fourth-order valence-electron chi connectivity index (χ4n) is 3.22. The zero-order chi connectivity index (χ0) is 14.7. The van der Waals surface area contributed by atoms with E-state index < -0.39 is 0 Å². The molecular weight excluding hydrogens is 284 g/mol. The first-order valence-electron chi connectivity index (χ1n) is 7.90. The fourth-order valence-corrected chi connectivity index (χ4v) is 3.92. The highest BCUT2D eigenvalue weighted by atomic mass is 32.1. The van der Waals surface area contributed by atoms with Crippen LogP contribution < -0.4 is 4.90 Å². The molecule has 0 radical (unpaired) electrons. The molecule has 1 aromatic heterocycles. The third kappa shape index (κ3) is 3.55. The summed E-state index contributed by atoms with van der Waals surface area (Å²) in [6.45, 7) is 7.54. The second kappa shape index (κ2) is 6.75. The molecule has 0 spiro atoms. The minimum atomic E-state index is 0.310. The van der Waals surface area contributed by atoms with Gasteiger partial charge in [0.2, 0.25) is 5.91 Å². The molecule has 21 heavy (non-hydrogen) atoms. The average Bonchev–Trinajstić information content (AvgIpc) is 3.02. The van der Waals surface area contributed by atoms with Gasteiger partial charge in [0.05, 0.1) is 6.54 Å². The Kier molecular flexibility index (Phi) is 4.75. The van der Waals surface area contributed by atoms with Crippen LogP contribution in [0.15, 0.2) is 11.6 Å². The third-order valence-electron chi connectivity index (χ3n) is 4.54. The topological polar surface area (TPSA) is 39.7 Å². The molecule has 0 aromatic carbocycles. The van der Waals surface area contributed by atoms with Gasteiger partial charge in [-0.1, -0.05) is 0 Å². The molecule has 5 nitrogen and oxygen atoms in total. The number of piperidine rings is 1. The summed E-state index contributed by atoms with van der Waals surface area (Å²) in [5.41, 5.74) is 0. The molecule has 2 aliphatic heterocycles. The molecule has 3 rings (SSSR count). The second-order valence-electron chi connectivity index (χ2n) is 6.01. The molecule has 0 saturated carbocycles. The van der Waals surface area contributed by atoms with E-state index >= 15 is 0 Å². The highest BCUT2D eigenvalue weighted by Crippen LogP contribution is 2.20. The van der Waals surface area contributed by atoms with E-state index in [2.05, 4.69) is 26.6 Å². The Hall–Kier alpha value is -1.14. The molecule has 3 heterocycles. The van der Waals surface area contributed by atoms with Gasteiger partial charge < -0.3 is 9.80 Å². The number of hydrogen-bond acceptors (Lipinski definition) is 5. The van der Waals surface area contributed by atoms with Gasteiger partial charge in [-0.05, 0) is 26.2 Å². The summed E-state index contributed by atoms with van der Waals surface area (Å²) in [4.78, 5) is 23.5. The first kappa shape index (κ1) is 14.8. The largest absolute Gasteiger partial charge is 0.346 e. The molecule has 1 amide bonds. The summed E-state index contributed by atoms with van der Waals surface area (Å²) in [5.74, 6) is 0.310. The number of piperazine rings is 1. The number of nitrogens with zero attached hydrogens (tertiary/aromatic N) is 4. The normalized spacial score (nSPS) is 24.3. The lowest BCUT2D eigenvalue weighted by Gasteiger charge is -2.38. The summed E-state index contributed by atoms with van der Waals surface area (Å²) in [7, 11) is 0. The number of carbonyl (C=O) groups is 1. The standard InChI is InChI=1S/C15H24N4OS/c1-13-4-2-3-6-19(13)14(20)12-17-7-9-18(10-8-17)15-16-5-11-21-15/h5,11,13H,2-4,6-10,12H2,1H3/t13-/m0/s1. The lowest BCUT2D eigenvalue weighted by Crippen LogP contribution is -2.52. The van der Waals surface area contributed by atoms with E-state index in [4.69, 9.17) is 0 Å². The van der Waals surface area contributed by atoms with Crippen molar-refractivity contribution in [2.45, 2.75) is 32.2 Å². The van der Waals surface area contributed by atoms with Crippen molar-refractivity contribution in [2.24, 2.45) is 0 Å². The molecule has 2 aliphatic rings. The van der Waals surface area contributed by atoms with Gasteiger partial charge in [0.15, 0.2) is 5.13 Å². The number of carbonyl (C=O) groups excluding carboxylic acids is 1. The van der Waals surface area contributed by atoms with Crippen molar-refractivity contribution in [1.29, 1.82) is 0 Å². The number of anilines is 1. The summed E-state index contributed by atoms with van der Waals surface area (Å²) in [6, 6.07) is 0.419. The van der Waals surface area contributed by atoms with Gasteiger partial charge in [0, 0.05) is 50.3 Å². The number of thiazole rings is 1. The minimum Gasteiger partial charge on any atom is -0.346 e. The van der Waals surface area contributed by atoms with E-state index in [-0.39, 0.29) is 0 Å². The SMILES string of the molecule is C[C@H]1CCCCN1C(=O)CN1CCN(c2nccs2)CC1. The Bertz CT molecular complexity index is 456. The average molecular weight is 308 g/mol. The molecule has 0 aliphatic carbocycles. The van der Waals surface area contributed by atoms with Crippen LogP contribution in [0.5, 0.6) is 0 Å². The third-order valence-corrected chi connectivity index (χ3v) is 5.38.